The molecule has 0 aliphatic rings. The van der Waals surface area contributed by atoms with Crippen molar-refractivity contribution in [3.05, 3.63) is 62.3 Å². The Morgan fingerprint density at radius 2 is 1.74 bits per heavy atom. The van der Waals surface area contributed by atoms with E-state index in [4.69, 9.17) is 4.42 Å². The van der Waals surface area contributed by atoms with E-state index in [9.17, 15) is 27.9 Å². The van der Waals surface area contributed by atoms with Crippen LogP contribution in [0.2, 0.25) is 0 Å². The highest BCUT2D eigenvalue weighted by Crippen LogP contribution is 2.40. The molecule has 0 amide bonds. The number of benzene rings is 2. The third-order valence-electron chi connectivity index (χ3n) is 5.23. The summed E-state index contributed by atoms with van der Waals surface area (Å²) in [5, 5.41) is 13.2. The summed E-state index contributed by atoms with van der Waals surface area (Å²) in [4.78, 5) is 27.7. The molecule has 0 bridgehead atoms. The first-order chi connectivity index (χ1) is 14.7. The largest absolute Gasteiger partial charge is 0.502 e. The molecule has 0 spiro atoms. The Bertz CT molecular complexity index is 1630. The highest BCUT2D eigenvalue weighted by Gasteiger charge is 2.25. The maximum absolute atomic E-state index is 14.1. The zero-order chi connectivity index (χ0) is 22.2. The van der Waals surface area contributed by atoms with Crippen molar-refractivity contribution in [1.29, 1.82) is 0 Å². The number of phenolic OH excluding ortho intramolecular Hbond substituents is 1. The number of pyridine rings is 1. The maximum atomic E-state index is 14.1. The monoisotopic (exact) mass is 429 g/mol. The van der Waals surface area contributed by atoms with Gasteiger partial charge >= 0.3 is 0 Å². The summed E-state index contributed by atoms with van der Waals surface area (Å²) < 4.78 is 48.9. The first-order valence-corrected chi connectivity index (χ1v) is 9.28. The van der Waals surface area contributed by atoms with E-state index in [0.717, 1.165) is 18.2 Å². The SMILES string of the molecule is CC(C)n1[nH]c(=O)c2c(-c3cc(F)c(F)c(F)c3)c3oc4c(O)c(=O)ccc4c3[nH]c21. The van der Waals surface area contributed by atoms with E-state index in [1.54, 1.807) is 0 Å². The number of nitrogens with zero attached hydrogens (tertiary/aromatic N) is 1. The minimum absolute atomic E-state index is 0.00903. The number of fused-ring (bicyclic) bond motifs is 4. The lowest BCUT2D eigenvalue weighted by Crippen LogP contribution is -2.07. The van der Waals surface area contributed by atoms with Gasteiger partial charge in [0.25, 0.3) is 5.56 Å². The molecule has 3 aromatic heterocycles. The predicted molar refractivity (Wildman–Crippen MR) is 108 cm³/mol. The number of hydrogen-bond acceptors (Lipinski definition) is 4. The van der Waals surface area contributed by atoms with E-state index in [2.05, 4.69) is 10.1 Å². The van der Waals surface area contributed by atoms with Crippen LogP contribution in [0.15, 0.2) is 38.3 Å². The maximum Gasteiger partial charge on any atom is 0.274 e. The normalized spacial score (nSPS) is 12.1. The van der Waals surface area contributed by atoms with Crippen molar-refractivity contribution in [3.63, 3.8) is 0 Å². The zero-order valence-electron chi connectivity index (χ0n) is 16.1. The van der Waals surface area contributed by atoms with Gasteiger partial charge < -0.3 is 14.5 Å². The van der Waals surface area contributed by atoms with E-state index < -0.39 is 34.2 Å². The van der Waals surface area contributed by atoms with Gasteiger partial charge in [0, 0.05) is 17.0 Å². The van der Waals surface area contributed by atoms with E-state index in [0.29, 0.717) is 11.0 Å². The number of H-pyrrole nitrogens is 2. The van der Waals surface area contributed by atoms with Crippen LogP contribution in [0.25, 0.3) is 44.2 Å². The summed E-state index contributed by atoms with van der Waals surface area (Å²) in [6.45, 7) is 3.63. The number of aromatic hydroxyl groups is 1. The lowest BCUT2D eigenvalue weighted by Gasteiger charge is -2.10. The lowest BCUT2D eigenvalue weighted by molar-refractivity contribution is 0.447. The van der Waals surface area contributed by atoms with Crippen molar-refractivity contribution in [2.75, 3.05) is 0 Å². The topological polar surface area (TPSA) is 104 Å². The van der Waals surface area contributed by atoms with Gasteiger partial charge in [0.1, 0.15) is 5.65 Å². The van der Waals surface area contributed by atoms with Crippen LogP contribution in [-0.4, -0.2) is 19.9 Å². The summed E-state index contributed by atoms with van der Waals surface area (Å²) in [6.07, 6.45) is 0. The van der Waals surface area contributed by atoms with Gasteiger partial charge in [-0.15, -0.1) is 0 Å². The molecule has 10 heteroatoms. The van der Waals surface area contributed by atoms with Gasteiger partial charge in [-0.25, -0.2) is 13.2 Å². The number of aromatic nitrogens is 3. The molecule has 0 atom stereocenters. The highest BCUT2D eigenvalue weighted by molar-refractivity contribution is 6.15. The van der Waals surface area contributed by atoms with E-state index in [-0.39, 0.29) is 39.2 Å². The van der Waals surface area contributed by atoms with Crippen molar-refractivity contribution in [1.82, 2.24) is 14.8 Å². The summed E-state index contributed by atoms with van der Waals surface area (Å²) in [7, 11) is 0. The first kappa shape index (κ1) is 19.0. The van der Waals surface area contributed by atoms with Crippen molar-refractivity contribution >= 4 is 33.1 Å². The Morgan fingerprint density at radius 3 is 2.39 bits per heavy atom. The standard InChI is InChI=1S/C21H14F3N3O4/c1-7(2)27-20-14(21(30)26-27)13(8-5-10(22)15(24)11(23)6-8)19-16(25-20)9-3-4-12(28)17(29)18(9)31-19/h3-7,25,29H,1-2H3,(H,26,30). The molecular formula is C21H14F3N3O4. The molecule has 0 aliphatic carbocycles. The summed E-state index contributed by atoms with van der Waals surface area (Å²) in [5.74, 6) is -5.17. The number of aromatic amines is 2. The van der Waals surface area contributed by atoms with Crippen LogP contribution < -0.4 is 11.0 Å². The molecule has 31 heavy (non-hydrogen) atoms. The third-order valence-corrected chi connectivity index (χ3v) is 5.23. The molecule has 0 radical (unpaired) electrons. The molecule has 3 heterocycles. The molecule has 0 saturated heterocycles. The van der Waals surface area contributed by atoms with Gasteiger partial charge in [-0.3, -0.25) is 19.4 Å². The van der Waals surface area contributed by atoms with Crippen LogP contribution in [0.3, 0.4) is 0 Å². The fourth-order valence-electron chi connectivity index (χ4n) is 3.83. The molecule has 5 aromatic rings. The van der Waals surface area contributed by atoms with E-state index in [1.165, 1.54) is 10.7 Å². The molecular weight excluding hydrogens is 415 g/mol. The number of nitrogens with one attached hydrogen (secondary N) is 2. The van der Waals surface area contributed by atoms with Gasteiger partial charge in [0.2, 0.25) is 11.2 Å². The first-order valence-electron chi connectivity index (χ1n) is 9.28. The van der Waals surface area contributed by atoms with Gasteiger partial charge in [-0.2, -0.15) is 0 Å². The fraction of sp³-hybridized carbons (Fsp3) is 0.143. The molecule has 3 N–H and O–H groups in total. The second-order valence-corrected chi connectivity index (χ2v) is 7.48. The number of hydrogen-bond donors (Lipinski definition) is 3. The summed E-state index contributed by atoms with van der Waals surface area (Å²) >= 11 is 0. The average molecular weight is 429 g/mol. The predicted octanol–water partition coefficient (Wildman–Crippen LogP) is 4.29. The molecule has 7 nitrogen and oxygen atoms in total. The fourth-order valence-corrected chi connectivity index (χ4v) is 3.83. The average Bonchev–Trinajstić information content (AvgIpc) is 3.25. The summed E-state index contributed by atoms with van der Waals surface area (Å²) in [5.41, 5.74) is -1.01. The quantitative estimate of drug-likeness (QED) is 0.364. The van der Waals surface area contributed by atoms with E-state index in [1.807, 2.05) is 13.8 Å². The third kappa shape index (κ3) is 2.54. The molecule has 0 unspecified atom stereocenters. The molecule has 158 valence electrons. The van der Waals surface area contributed by atoms with Crippen molar-refractivity contribution in [2.24, 2.45) is 0 Å². The van der Waals surface area contributed by atoms with Gasteiger partial charge in [0.15, 0.2) is 28.6 Å². The molecule has 2 aromatic carbocycles. The van der Waals surface area contributed by atoms with Gasteiger partial charge in [-0.1, -0.05) is 0 Å². The van der Waals surface area contributed by atoms with Crippen molar-refractivity contribution < 1.29 is 22.7 Å². The second-order valence-electron chi connectivity index (χ2n) is 7.48. The minimum atomic E-state index is -1.65. The zero-order valence-corrected chi connectivity index (χ0v) is 16.1. The minimum Gasteiger partial charge on any atom is -0.502 e. The van der Waals surface area contributed by atoms with Crippen LogP contribution in [-0.2, 0) is 0 Å². The van der Waals surface area contributed by atoms with Crippen LogP contribution >= 0.6 is 0 Å². The van der Waals surface area contributed by atoms with Gasteiger partial charge in [0.05, 0.1) is 10.9 Å². The highest BCUT2D eigenvalue weighted by atomic mass is 19.2. The van der Waals surface area contributed by atoms with Crippen LogP contribution in [0.4, 0.5) is 13.2 Å². The van der Waals surface area contributed by atoms with Crippen LogP contribution in [0, 0.1) is 17.5 Å². The van der Waals surface area contributed by atoms with Crippen molar-refractivity contribution in [3.8, 4) is 16.9 Å². The number of rotatable bonds is 2. The van der Waals surface area contributed by atoms with Crippen LogP contribution in [0.5, 0.6) is 5.75 Å². The molecule has 0 aliphatic heterocycles. The number of halogens is 3. The lowest BCUT2D eigenvalue weighted by atomic mass is 10.0. The molecule has 5 rings (SSSR count). The smallest absolute Gasteiger partial charge is 0.274 e. The molecule has 0 saturated carbocycles. The Hall–Kier alpha value is -3.95. The Kier molecular flexibility index (Phi) is 3.85. The van der Waals surface area contributed by atoms with E-state index >= 15 is 0 Å². The Balaban J connectivity index is 2.08. The molecule has 0 fully saturated rings. The number of phenols is 1. The summed E-state index contributed by atoms with van der Waals surface area (Å²) in [6, 6.07) is 3.88. The Morgan fingerprint density at radius 1 is 1.06 bits per heavy atom. The Labute approximate surface area is 170 Å². The second kappa shape index (κ2) is 6.27. The number of furan rings is 1. The van der Waals surface area contributed by atoms with Gasteiger partial charge in [-0.05, 0) is 43.7 Å². The van der Waals surface area contributed by atoms with Crippen LogP contribution in [0.1, 0.15) is 19.9 Å². The van der Waals surface area contributed by atoms with Crippen molar-refractivity contribution in [2.45, 2.75) is 19.9 Å².